The van der Waals surface area contributed by atoms with Crippen LogP contribution in [0.5, 0.6) is 0 Å². The largest absolute Gasteiger partial charge is 0.287 e. The van der Waals surface area contributed by atoms with Gasteiger partial charge in [-0.2, -0.15) is 0 Å². The third kappa shape index (κ3) is 5.09. The fourth-order valence-electron chi connectivity index (χ4n) is 2.67. The molecule has 1 aliphatic carbocycles. The summed E-state index contributed by atoms with van der Waals surface area (Å²) in [4.78, 5) is 0. The van der Waals surface area contributed by atoms with E-state index in [4.69, 9.17) is 4.18 Å². The van der Waals surface area contributed by atoms with E-state index in [-0.39, 0.29) is 6.10 Å². The SMILES string of the molecule is CCCCS(=O)O[C@@H]1C[C@H](C)CC[C@H]1C(C)C. The second kappa shape index (κ2) is 7.52. The second-order valence-corrected chi connectivity index (χ2v) is 7.03. The van der Waals surface area contributed by atoms with Crippen molar-refractivity contribution in [2.75, 3.05) is 5.75 Å². The summed E-state index contributed by atoms with van der Waals surface area (Å²) >= 11 is -1.07. The Bertz CT molecular complexity index is 240. The molecule has 0 amide bonds. The molecule has 2 nitrogen and oxygen atoms in total. The van der Waals surface area contributed by atoms with Crippen molar-refractivity contribution in [1.29, 1.82) is 0 Å². The fraction of sp³-hybridized carbons (Fsp3) is 1.00. The molecule has 0 heterocycles. The van der Waals surface area contributed by atoms with Crippen LogP contribution in [0.1, 0.15) is 59.8 Å². The summed E-state index contributed by atoms with van der Waals surface area (Å²) < 4.78 is 17.6. The Labute approximate surface area is 109 Å². The minimum absolute atomic E-state index is 0.219. The fourth-order valence-corrected chi connectivity index (χ4v) is 3.79. The third-order valence-electron chi connectivity index (χ3n) is 3.86. The van der Waals surface area contributed by atoms with Crippen LogP contribution in [0.4, 0.5) is 0 Å². The van der Waals surface area contributed by atoms with E-state index in [1.165, 1.54) is 12.8 Å². The van der Waals surface area contributed by atoms with E-state index in [0.717, 1.165) is 25.2 Å². The minimum Gasteiger partial charge on any atom is -0.287 e. The Hall–Kier alpha value is 0.110. The van der Waals surface area contributed by atoms with Crippen molar-refractivity contribution in [3.8, 4) is 0 Å². The number of hydrogen-bond acceptors (Lipinski definition) is 2. The highest BCUT2D eigenvalue weighted by Gasteiger charge is 2.32. The van der Waals surface area contributed by atoms with E-state index in [9.17, 15) is 4.21 Å². The van der Waals surface area contributed by atoms with Gasteiger partial charge in [-0.05, 0) is 37.0 Å². The predicted octanol–water partition coefficient (Wildman–Crippen LogP) is 3.93. The van der Waals surface area contributed by atoms with E-state index in [0.29, 0.717) is 17.6 Å². The van der Waals surface area contributed by atoms with Crippen LogP contribution in [-0.2, 0) is 15.3 Å². The van der Waals surface area contributed by atoms with Crippen LogP contribution in [0.3, 0.4) is 0 Å². The molecule has 1 saturated carbocycles. The maximum atomic E-state index is 11.8. The van der Waals surface area contributed by atoms with Gasteiger partial charge in [-0.1, -0.05) is 40.5 Å². The van der Waals surface area contributed by atoms with Crippen LogP contribution >= 0.6 is 0 Å². The van der Waals surface area contributed by atoms with Gasteiger partial charge in [0.1, 0.15) is 0 Å². The lowest BCUT2D eigenvalue weighted by Crippen LogP contribution is -2.35. The van der Waals surface area contributed by atoms with Crippen LogP contribution in [0, 0.1) is 17.8 Å². The van der Waals surface area contributed by atoms with Gasteiger partial charge in [-0.3, -0.25) is 4.18 Å². The number of unbranched alkanes of at least 4 members (excludes halogenated alkanes) is 1. The molecular formula is C14H28O2S. The van der Waals surface area contributed by atoms with Crippen molar-refractivity contribution in [2.45, 2.75) is 65.9 Å². The molecular weight excluding hydrogens is 232 g/mol. The topological polar surface area (TPSA) is 26.3 Å². The van der Waals surface area contributed by atoms with Gasteiger partial charge in [0.05, 0.1) is 6.10 Å². The molecule has 4 atom stereocenters. The molecule has 0 bridgehead atoms. The van der Waals surface area contributed by atoms with Gasteiger partial charge in [0.25, 0.3) is 0 Å². The van der Waals surface area contributed by atoms with E-state index >= 15 is 0 Å². The molecule has 102 valence electrons. The summed E-state index contributed by atoms with van der Waals surface area (Å²) in [6, 6.07) is 0. The first-order valence-corrected chi connectivity index (χ1v) is 8.34. The molecule has 17 heavy (non-hydrogen) atoms. The molecule has 0 saturated heterocycles. The van der Waals surface area contributed by atoms with E-state index in [1.54, 1.807) is 0 Å². The predicted molar refractivity (Wildman–Crippen MR) is 74.1 cm³/mol. The molecule has 1 aliphatic rings. The smallest absolute Gasteiger partial charge is 0.155 e. The van der Waals surface area contributed by atoms with E-state index in [1.807, 2.05) is 0 Å². The van der Waals surface area contributed by atoms with Crippen molar-refractivity contribution in [2.24, 2.45) is 17.8 Å². The zero-order chi connectivity index (χ0) is 12.8. The standard InChI is InChI=1S/C14H28O2S/c1-5-6-9-17(15)16-14-10-12(4)7-8-13(14)11(2)3/h11-14H,5-10H2,1-4H3/t12-,13+,14-,17?/m1/s1. The Balaban J connectivity index is 2.48. The lowest BCUT2D eigenvalue weighted by molar-refractivity contribution is 0.0567. The highest BCUT2D eigenvalue weighted by molar-refractivity contribution is 7.80. The van der Waals surface area contributed by atoms with Gasteiger partial charge in [0, 0.05) is 5.75 Å². The summed E-state index contributed by atoms with van der Waals surface area (Å²) in [7, 11) is 0. The Morgan fingerprint density at radius 2 is 2.06 bits per heavy atom. The molecule has 0 spiro atoms. The number of rotatable bonds is 6. The Kier molecular flexibility index (Phi) is 6.71. The zero-order valence-corrected chi connectivity index (χ0v) is 12.6. The van der Waals surface area contributed by atoms with Crippen LogP contribution in [0.15, 0.2) is 0 Å². The van der Waals surface area contributed by atoms with Gasteiger partial charge < -0.3 is 0 Å². The van der Waals surface area contributed by atoms with Gasteiger partial charge in [0.2, 0.25) is 0 Å². The first kappa shape index (κ1) is 15.2. The lowest BCUT2D eigenvalue weighted by atomic mass is 9.75. The van der Waals surface area contributed by atoms with Crippen molar-refractivity contribution in [1.82, 2.24) is 0 Å². The molecule has 0 N–H and O–H groups in total. The average Bonchev–Trinajstić information content (AvgIpc) is 2.26. The molecule has 0 aromatic carbocycles. The van der Waals surface area contributed by atoms with Gasteiger partial charge in [0.15, 0.2) is 11.1 Å². The molecule has 3 heteroatoms. The Morgan fingerprint density at radius 3 is 2.65 bits per heavy atom. The first-order valence-electron chi connectivity index (χ1n) is 7.10. The van der Waals surface area contributed by atoms with Crippen LogP contribution in [0.2, 0.25) is 0 Å². The van der Waals surface area contributed by atoms with Gasteiger partial charge in [-0.25, -0.2) is 4.21 Å². The van der Waals surface area contributed by atoms with Crippen molar-refractivity contribution < 1.29 is 8.39 Å². The summed E-state index contributed by atoms with van der Waals surface area (Å²) in [5.41, 5.74) is 0. The molecule has 0 aromatic rings. The third-order valence-corrected chi connectivity index (χ3v) is 4.94. The second-order valence-electron chi connectivity index (χ2n) is 5.82. The van der Waals surface area contributed by atoms with E-state index in [2.05, 4.69) is 27.7 Å². The molecule has 0 aliphatic heterocycles. The zero-order valence-electron chi connectivity index (χ0n) is 11.8. The molecule has 0 aromatic heterocycles. The van der Waals surface area contributed by atoms with Crippen molar-refractivity contribution in [3.05, 3.63) is 0 Å². The minimum atomic E-state index is -1.07. The quantitative estimate of drug-likeness (QED) is 0.723. The lowest BCUT2D eigenvalue weighted by Gasteiger charge is -2.36. The monoisotopic (exact) mass is 260 g/mol. The average molecular weight is 260 g/mol. The maximum Gasteiger partial charge on any atom is 0.155 e. The number of hydrogen-bond donors (Lipinski definition) is 0. The van der Waals surface area contributed by atoms with Crippen LogP contribution in [-0.4, -0.2) is 16.1 Å². The Morgan fingerprint density at radius 1 is 1.35 bits per heavy atom. The van der Waals surface area contributed by atoms with Crippen molar-refractivity contribution in [3.63, 3.8) is 0 Å². The summed E-state index contributed by atoms with van der Waals surface area (Å²) in [6.07, 6.45) is 5.92. The maximum absolute atomic E-state index is 11.8. The van der Waals surface area contributed by atoms with Crippen LogP contribution in [0.25, 0.3) is 0 Å². The molecule has 1 fully saturated rings. The highest BCUT2D eigenvalue weighted by atomic mass is 32.2. The molecule has 1 rings (SSSR count). The summed E-state index contributed by atoms with van der Waals surface area (Å²) in [5.74, 6) is 2.65. The highest BCUT2D eigenvalue weighted by Crippen LogP contribution is 2.35. The summed E-state index contributed by atoms with van der Waals surface area (Å²) in [5, 5.41) is 0. The van der Waals surface area contributed by atoms with Crippen LogP contribution < -0.4 is 0 Å². The molecule has 0 radical (unpaired) electrons. The van der Waals surface area contributed by atoms with Gasteiger partial charge in [-0.15, -0.1) is 0 Å². The normalized spacial score (nSPS) is 31.7. The summed E-state index contributed by atoms with van der Waals surface area (Å²) in [6.45, 7) is 8.91. The van der Waals surface area contributed by atoms with E-state index < -0.39 is 11.1 Å². The van der Waals surface area contributed by atoms with Crippen molar-refractivity contribution >= 4 is 11.1 Å². The first-order chi connectivity index (χ1) is 8.04. The van der Waals surface area contributed by atoms with Gasteiger partial charge >= 0.3 is 0 Å². The molecule has 1 unspecified atom stereocenters.